The first-order valence-corrected chi connectivity index (χ1v) is 5.95. The molecule has 0 aromatic heterocycles. The monoisotopic (exact) mass is 254 g/mol. The molecule has 2 rings (SSSR count). The van der Waals surface area contributed by atoms with Crippen LogP contribution in [-0.2, 0) is 0 Å². The lowest BCUT2D eigenvalue weighted by atomic mass is 10.1. The van der Waals surface area contributed by atoms with Crippen molar-refractivity contribution in [2.75, 3.05) is 26.0 Å². The molecule has 0 spiro atoms. The summed E-state index contributed by atoms with van der Waals surface area (Å²) in [6.07, 6.45) is 2.25. The number of carbonyl (C=O) groups excluding carboxylic acids is 1. The Hall–Kier alpha value is -1.65. The van der Waals surface area contributed by atoms with E-state index >= 15 is 0 Å². The molecule has 1 saturated carbocycles. The first kappa shape index (κ1) is 12.8. The average molecular weight is 254 g/mol. The Balaban J connectivity index is 2.19. The van der Waals surface area contributed by atoms with Crippen molar-refractivity contribution in [3.05, 3.63) is 29.3 Å². The Morgan fingerprint density at radius 3 is 2.39 bits per heavy atom. The van der Waals surface area contributed by atoms with E-state index in [4.69, 9.17) is 0 Å². The molecule has 0 aliphatic heterocycles. The van der Waals surface area contributed by atoms with E-state index in [1.54, 1.807) is 7.05 Å². The topological polar surface area (TPSA) is 32.3 Å². The molecule has 1 aliphatic carbocycles. The molecule has 3 nitrogen and oxygen atoms in total. The van der Waals surface area contributed by atoms with Crippen molar-refractivity contribution in [2.45, 2.75) is 12.8 Å². The minimum absolute atomic E-state index is 0.0483. The second-order valence-corrected chi connectivity index (χ2v) is 4.69. The number of halogens is 2. The first-order chi connectivity index (χ1) is 8.52. The minimum Gasteiger partial charge on any atom is -0.383 e. The molecule has 0 saturated heterocycles. The molecule has 0 unspecified atom stereocenters. The number of benzene rings is 1. The molecule has 0 radical (unpaired) electrons. The van der Waals surface area contributed by atoms with Gasteiger partial charge in [-0.15, -0.1) is 0 Å². The van der Waals surface area contributed by atoms with Crippen LogP contribution in [-0.4, -0.2) is 31.4 Å². The van der Waals surface area contributed by atoms with Gasteiger partial charge in [0.05, 0.1) is 0 Å². The molecule has 1 aliphatic rings. The van der Waals surface area contributed by atoms with Gasteiger partial charge in [-0.2, -0.15) is 0 Å². The van der Waals surface area contributed by atoms with Crippen molar-refractivity contribution in [1.82, 2.24) is 4.90 Å². The van der Waals surface area contributed by atoms with Crippen molar-refractivity contribution in [2.24, 2.45) is 5.92 Å². The Labute approximate surface area is 105 Å². The normalized spacial score (nSPS) is 14.4. The van der Waals surface area contributed by atoms with Gasteiger partial charge in [-0.1, -0.05) is 0 Å². The highest BCUT2D eigenvalue weighted by Crippen LogP contribution is 2.30. The molecule has 1 N–H and O–H groups in total. The van der Waals surface area contributed by atoms with Crippen molar-refractivity contribution in [3.8, 4) is 0 Å². The number of carbonyl (C=O) groups is 1. The fraction of sp³-hybridized carbons (Fsp3) is 0.462. The Kier molecular flexibility index (Phi) is 3.50. The van der Waals surface area contributed by atoms with Gasteiger partial charge in [-0.25, -0.2) is 8.78 Å². The highest BCUT2D eigenvalue weighted by atomic mass is 19.1. The summed E-state index contributed by atoms with van der Waals surface area (Å²) in [7, 11) is 3.09. The average Bonchev–Trinajstić information content (AvgIpc) is 3.11. The van der Waals surface area contributed by atoms with Gasteiger partial charge in [0.1, 0.15) is 17.3 Å². The largest absolute Gasteiger partial charge is 0.383 e. The Morgan fingerprint density at radius 1 is 1.39 bits per heavy atom. The Bertz CT molecular complexity index is 449. The standard InChI is InChI=1S/C13H16F2N2O/c1-16-12-10(14)5-9(6-11(12)15)13(18)17(2)7-8-3-4-8/h5-6,8,16H,3-4,7H2,1-2H3. The number of rotatable bonds is 4. The summed E-state index contributed by atoms with van der Waals surface area (Å²) >= 11 is 0. The number of nitrogens with one attached hydrogen (secondary N) is 1. The van der Waals surface area contributed by atoms with Crippen LogP contribution in [0.4, 0.5) is 14.5 Å². The summed E-state index contributed by atoms with van der Waals surface area (Å²) in [6.45, 7) is 0.649. The van der Waals surface area contributed by atoms with Gasteiger partial charge in [0.15, 0.2) is 0 Å². The summed E-state index contributed by atoms with van der Waals surface area (Å²) in [5.41, 5.74) is -0.163. The van der Waals surface area contributed by atoms with Gasteiger partial charge in [-0.3, -0.25) is 4.79 Å². The molecule has 5 heteroatoms. The van der Waals surface area contributed by atoms with Crippen LogP contribution in [0.5, 0.6) is 0 Å². The maximum Gasteiger partial charge on any atom is 0.253 e. The molecule has 98 valence electrons. The molecule has 1 aromatic rings. The van der Waals surface area contributed by atoms with Gasteiger partial charge in [0.2, 0.25) is 0 Å². The van der Waals surface area contributed by atoms with Gasteiger partial charge in [-0.05, 0) is 30.9 Å². The molecular weight excluding hydrogens is 238 g/mol. The van der Waals surface area contributed by atoms with E-state index in [1.807, 2.05) is 0 Å². The summed E-state index contributed by atoms with van der Waals surface area (Å²) in [6, 6.07) is 2.14. The van der Waals surface area contributed by atoms with Crippen LogP contribution in [0.1, 0.15) is 23.2 Å². The lowest BCUT2D eigenvalue weighted by molar-refractivity contribution is 0.0787. The second kappa shape index (κ2) is 4.92. The molecule has 1 amide bonds. The van der Waals surface area contributed by atoms with E-state index < -0.39 is 11.6 Å². The summed E-state index contributed by atoms with van der Waals surface area (Å²) < 4.78 is 27.1. The summed E-state index contributed by atoms with van der Waals surface area (Å²) in [4.78, 5) is 13.5. The SMILES string of the molecule is CNc1c(F)cc(C(=O)N(C)CC2CC2)cc1F. The predicted molar refractivity (Wildman–Crippen MR) is 65.6 cm³/mol. The van der Waals surface area contributed by atoms with E-state index in [2.05, 4.69) is 5.32 Å². The van der Waals surface area contributed by atoms with Gasteiger partial charge >= 0.3 is 0 Å². The fourth-order valence-corrected chi connectivity index (χ4v) is 1.93. The molecule has 0 bridgehead atoms. The first-order valence-electron chi connectivity index (χ1n) is 5.95. The van der Waals surface area contributed by atoms with Crippen molar-refractivity contribution in [3.63, 3.8) is 0 Å². The summed E-state index contributed by atoms with van der Waals surface area (Å²) in [5.74, 6) is -1.30. The summed E-state index contributed by atoms with van der Waals surface area (Å²) in [5, 5.41) is 2.43. The van der Waals surface area contributed by atoms with Crippen LogP contribution >= 0.6 is 0 Å². The van der Waals surface area contributed by atoms with Crippen LogP contribution in [0, 0.1) is 17.6 Å². The van der Waals surface area contributed by atoms with Gasteiger partial charge in [0, 0.05) is 26.2 Å². The fourth-order valence-electron chi connectivity index (χ4n) is 1.93. The van der Waals surface area contributed by atoms with E-state index in [0.717, 1.165) is 25.0 Å². The number of anilines is 1. The second-order valence-electron chi connectivity index (χ2n) is 4.69. The van der Waals surface area contributed by atoms with Crippen LogP contribution in [0.25, 0.3) is 0 Å². The number of nitrogens with zero attached hydrogens (tertiary/aromatic N) is 1. The number of amides is 1. The third kappa shape index (κ3) is 2.60. The third-order valence-corrected chi connectivity index (χ3v) is 3.11. The molecule has 1 aromatic carbocycles. The van der Waals surface area contributed by atoms with Crippen molar-refractivity contribution >= 4 is 11.6 Å². The quantitative estimate of drug-likeness (QED) is 0.895. The zero-order valence-electron chi connectivity index (χ0n) is 10.5. The van der Waals surface area contributed by atoms with Crippen molar-refractivity contribution in [1.29, 1.82) is 0 Å². The third-order valence-electron chi connectivity index (χ3n) is 3.11. The number of hydrogen-bond donors (Lipinski definition) is 1. The van der Waals surface area contributed by atoms with E-state index in [9.17, 15) is 13.6 Å². The van der Waals surface area contributed by atoms with E-state index in [1.165, 1.54) is 11.9 Å². The molecule has 0 atom stereocenters. The van der Waals surface area contributed by atoms with Gasteiger partial charge in [0.25, 0.3) is 5.91 Å². The van der Waals surface area contributed by atoms with E-state index in [0.29, 0.717) is 12.5 Å². The van der Waals surface area contributed by atoms with Crippen LogP contribution < -0.4 is 5.32 Å². The Morgan fingerprint density at radius 2 is 1.94 bits per heavy atom. The lowest BCUT2D eigenvalue weighted by Gasteiger charge is -2.17. The predicted octanol–water partition coefficient (Wildman–Crippen LogP) is 2.49. The number of hydrogen-bond acceptors (Lipinski definition) is 2. The van der Waals surface area contributed by atoms with Gasteiger partial charge < -0.3 is 10.2 Å². The van der Waals surface area contributed by atoms with Crippen LogP contribution in [0.3, 0.4) is 0 Å². The highest BCUT2D eigenvalue weighted by molar-refractivity contribution is 5.94. The van der Waals surface area contributed by atoms with E-state index in [-0.39, 0.29) is 17.2 Å². The smallest absolute Gasteiger partial charge is 0.253 e. The lowest BCUT2D eigenvalue weighted by Crippen LogP contribution is -2.29. The maximum absolute atomic E-state index is 13.5. The zero-order chi connectivity index (χ0) is 13.3. The van der Waals surface area contributed by atoms with Crippen molar-refractivity contribution < 1.29 is 13.6 Å². The molecule has 0 heterocycles. The zero-order valence-corrected chi connectivity index (χ0v) is 10.5. The van der Waals surface area contributed by atoms with Crippen LogP contribution in [0.15, 0.2) is 12.1 Å². The molecule has 18 heavy (non-hydrogen) atoms. The van der Waals surface area contributed by atoms with Crippen LogP contribution in [0.2, 0.25) is 0 Å². The molecular formula is C13H16F2N2O. The maximum atomic E-state index is 13.5. The minimum atomic E-state index is -0.749. The highest BCUT2D eigenvalue weighted by Gasteiger charge is 2.26. The molecule has 1 fully saturated rings.